The average molecular weight is 305 g/mol. The highest BCUT2D eigenvalue weighted by Gasteiger charge is 2.22. The van der Waals surface area contributed by atoms with Crippen LogP contribution in [0.2, 0.25) is 0 Å². The van der Waals surface area contributed by atoms with E-state index in [2.05, 4.69) is 26.1 Å². The lowest BCUT2D eigenvalue weighted by Crippen LogP contribution is -2.45. The van der Waals surface area contributed by atoms with Crippen LogP contribution in [0, 0.1) is 5.82 Å². The van der Waals surface area contributed by atoms with Crippen LogP contribution in [0.5, 0.6) is 0 Å². The Hall–Kier alpha value is -0.520. The minimum atomic E-state index is -0.485. The molecule has 0 radical (unpaired) electrons. The molecule has 1 fully saturated rings. The molecule has 1 aromatic carbocycles. The van der Waals surface area contributed by atoms with E-state index < -0.39 is 6.67 Å². The van der Waals surface area contributed by atoms with E-state index in [-0.39, 0.29) is 11.9 Å². The van der Waals surface area contributed by atoms with E-state index in [1.807, 2.05) is 0 Å². The molecule has 1 atom stereocenters. The molecule has 0 spiro atoms. The molecule has 1 heterocycles. The van der Waals surface area contributed by atoms with Crippen molar-refractivity contribution >= 4 is 15.9 Å². The Bertz CT molecular complexity index is 381. The summed E-state index contributed by atoms with van der Waals surface area (Å²) in [6, 6.07) is 4.49. The van der Waals surface area contributed by atoms with E-state index in [1.54, 1.807) is 12.1 Å². The van der Waals surface area contributed by atoms with E-state index in [4.69, 9.17) is 0 Å². The second kappa shape index (κ2) is 5.89. The molecule has 94 valence electrons. The summed E-state index contributed by atoms with van der Waals surface area (Å²) in [4.78, 5) is 2.05. The van der Waals surface area contributed by atoms with Gasteiger partial charge in [-0.1, -0.05) is 6.07 Å². The number of rotatable bonds is 3. The van der Waals surface area contributed by atoms with Crippen molar-refractivity contribution in [2.24, 2.45) is 0 Å². The van der Waals surface area contributed by atoms with Gasteiger partial charge in [0.25, 0.3) is 0 Å². The number of hydrogen-bond acceptors (Lipinski definition) is 2. The minimum Gasteiger partial charge on any atom is -0.314 e. The normalized spacial score (nSPS) is 19.2. The standard InChI is InChI=1S/C12H15BrF2N2/c13-10-2-1-9(7-11(10)15)12(8-14)17-5-3-16-4-6-17/h1-2,7,12,16H,3-6,8H2/t12-/m1/s1. The van der Waals surface area contributed by atoms with Gasteiger partial charge in [0.15, 0.2) is 0 Å². The van der Waals surface area contributed by atoms with Crippen molar-refractivity contribution in [3.05, 3.63) is 34.1 Å². The van der Waals surface area contributed by atoms with Gasteiger partial charge in [-0.3, -0.25) is 4.90 Å². The lowest BCUT2D eigenvalue weighted by atomic mass is 10.1. The van der Waals surface area contributed by atoms with Crippen molar-refractivity contribution in [1.29, 1.82) is 0 Å². The predicted molar refractivity (Wildman–Crippen MR) is 67.3 cm³/mol. The van der Waals surface area contributed by atoms with E-state index in [0.717, 1.165) is 26.2 Å². The first-order chi connectivity index (χ1) is 8.22. The van der Waals surface area contributed by atoms with Gasteiger partial charge in [-0.15, -0.1) is 0 Å². The van der Waals surface area contributed by atoms with Gasteiger partial charge in [0.2, 0.25) is 0 Å². The van der Waals surface area contributed by atoms with Crippen LogP contribution >= 0.6 is 15.9 Å². The van der Waals surface area contributed by atoms with Crippen molar-refractivity contribution in [2.75, 3.05) is 32.9 Å². The second-order valence-electron chi connectivity index (χ2n) is 4.13. The Kier molecular flexibility index (Phi) is 4.48. The zero-order valence-corrected chi connectivity index (χ0v) is 11.0. The van der Waals surface area contributed by atoms with Crippen molar-refractivity contribution in [3.8, 4) is 0 Å². The van der Waals surface area contributed by atoms with Gasteiger partial charge in [0, 0.05) is 26.2 Å². The molecular weight excluding hydrogens is 290 g/mol. The summed E-state index contributed by atoms with van der Waals surface area (Å²) < 4.78 is 27.0. The zero-order valence-electron chi connectivity index (χ0n) is 9.43. The van der Waals surface area contributed by atoms with Crippen molar-refractivity contribution in [3.63, 3.8) is 0 Å². The highest BCUT2D eigenvalue weighted by atomic mass is 79.9. The molecule has 2 rings (SSSR count). The van der Waals surface area contributed by atoms with Crippen molar-refractivity contribution in [1.82, 2.24) is 10.2 Å². The van der Waals surface area contributed by atoms with Gasteiger partial charge < -0.3 is 5.32 Å². The Morgan fingerprint density at radius 1 is 1.35 bits per heavy atom. The van der Waals surface area contributed by atoms with E-state index in [0.29, 0.717) is 10.0 Å². The summed E-state index contributed by atoms with van der Waals surface area (Å²) in [6.07, 6.45) is 0. The number of benzene rings is 1. The molecule has 0 amide bonds. The molecular formula is C12H15BrF2N2. The molecule has 5 heteroatoms. The number of alkyl halides is 1. The summed E-state index contributed by atoms with van der Waals surface area (Å²) in [7, 11) is 0. The number of halogens is 3. The van der Waals surface area contributed by atoms with Crippen LogP contribution in [-0.2, 0) is 0 Å². The molecule has 0 aliphatic carbocycles. The summed E-state index contributed by atoms with van der Waals surface area (Å²) in [5.74, 6) is -0.337. The van der Waals surface area contributed by atoms with E-state index in [9.17, 15) is 8.78 Å². The first-order valence-electron chi connectivity index (χ1n) is 5.68. The van der Waals surface area contributed by atoms with Crippen molar-refractivity contribution in [2.45, 2.75) is 6.04 Å². The van der Waals surface area contributed by atoms with Crippen LogP contribution < -0.4 is 5.32 Å². The SMILES string of the molecule is FC[C@H](c1ccc(Br)c(F)c1)N1CCNCC1. The average Bonchev–Trinajstić information content (AvgIpc) is 2.36. The lowest BCUT2D eigenvalue weighted by Gasteiger charge is -2.33. The molecule has 0 bridgehead atoms. The van der Waals surface area contributed by atoms with Crippen LogP contribution in [0.1, 0.15) is 11.6 Å². The fourth-order valence-electron chi connectivity index (χ4n) is 2.11. The zero-order chi connectivity index (χ0) is 12.3. The Morgan fingerprint density at radius 3 is 2.65 bits per heavy atom. The topological polar surface area (TPSA) is 15.3 Å². The fourth-order valence-corrected chi connectivity index (χ4v) is 2.36. The maximum atomic E-state index is 13.4. The molecule has 1 N–H and O–H groups in total. The molecule has 1 aliphatic rings. The molecule has 0 unspecified atom stereocenters. The third-order valence-corrected chi connectivity index (χ3v) is 3.71. The Morgan fingerprint density at radius 2 is 2.06 bits per heavy atom. The summed E-state index contributed by atoms with van der Waals surface area (Å²) >= 11 is 3.10. The first-order valence-corrected chi connectivity index (χ1v) is 6.47. The van der Waals surface area contributed by atoms with Crippen LogP contribution in [0.3, 0.4) is 0 Å². The van der Waals surface area contributed by atoms with Crippen LogP contribution in [0.15, 0.2) is 22.7 Å². The van der Waals surface area contributed by atoms with Gasteiger partial charge in [0.05, 0.1) is 10.5 Å². The number of nitrogens with one attached hydrogen (secondary N) is 1. The summed E-state index contributed by atoms with van der Waals surface area (Å²) in [5.41, 5.74) is 0.704. The van der Waals surface area contributed by atoms with Gasteiger partial charge in [0.1, 0.15) is 12.5 Å². The third-order valence-electron chi connectivity index (χ3n) is 3.07. The van der Waals surface area contributed by atoms with Gasteiger partial charge in [-0.25, -0.2) is 8.78 Å². The van der Waals surface area contributed by atoms with Crippen LogP contribution in [0.4, 0.5) is 8.78 Å². The van der Waals surface area contributed by atoms with Crippen molar-refractivity contribution < 1.29 is 8.78 Å². The molecule has 1 aromatic rings. The van der Waals surface area contributed by atoms with Crippen LogP contribution in [0.25, 0.3) is 0 Å². The maximum Gasteiger partial charge on any atom is 0.137 e. The molecule has 0 aromatic heterocycles. The Labute approximate surface area is 108 Å². The molecule has 1 aliphatic heterocycles. The van der Waals surface area contributed by atoms with E-state index >= 15 is 0 Å². The first kappa shape index (κ1) is 12.9. The smallest absolute Gasteiger partial charge is 0.137 e. The molecule has 2 nitrogen and oxygen atoms in total. The minimum absolute atomic E-state index is 0.334. The quantitative estimate of drug-likeness (QED) is 0.923. The Balaban J connectivity index is 2.18. The highest BCUT2D eigenvalue weighted by Crippen LogP contribution is 2.25. The molecule has 17 heavy (non-hydrogen) atoms. The fraction of sp³-hybridized carbons (Fsp3) is 0.500. The molecule has 1 saturated heterocycles. The monoisotopic (exact) mass is 304 g/mol. The maximum absolute atomic E-state index is 13.4. The van der Waals surface area contributed by atoms with Gasteiger partial charge in [-0.2, -0.15) is 0 Å². The van der Waals surface area contributed by atoms with Gasteiger partial charge in [-0.05, 0) is 33.6 Å². The number of nitrogens with zero attached hydrogens (tertiary/aromatic N) is 1. The number of piperazine rings is 1. The predicted octanol–water partition coefficient (Wildman–Crippen LogP) is 2.50. The summed E-state index contributed by atoms with van der Waals surface area (Å²) in [5, 5.41) is 3.22. The van der Waals surface area contributed by atoms with E-state index in [1.165, 1.54) is 6.07 Å². The summed E-state index contributed by atoms with van der Waals surface area (Å²) in [6.45, 7) is 2.82. The number of hydrogen-bond donors (Lipinski definition) is 1. The largest absolute Gasteiger partial charge is 0.314 e. The highest BCUT2D eigenvalue weighted by molar-refractivity contribution is 9.10. The lowest BCUT2D eigenvalue weighted by molar-refractivity contribution is 0.147. The third kappa shape index (κ3) is 3.03. The second-order valence-corrected chi connectivity index (χ2v) is 4.98. The van der Waals surface area contributed by atoms with Crippen LogP contribution in [-0.4, -0.2) is 37.8 Å². The molecule has 0 saturated carbocycles. The van der Waals surface area contributed by atoms with Gasteiger partial charge >= 0.3 is 0 Å².